The summed E-state index contributed by atoms with van der Waals surface area (Å²) in [6.07, 6.45) is 2.09. The maximum atomic E-state index is 2.20. The minimum atomic E-state index is 1.30. The number of hydrogen-bond acceptors (Lipinski definition) is 0. The van der Waals surface area contributed by atoms with Gasteiger partial charge in [-0.2, -0.15) is 0 Å². The average molecular weight is 145 g/mol. The molecule has 0 fully saturated rings. The minimum Gasteiger partial charge on any atom is -0.321 e. The monoisotopic (exact) mass is 145 g/mol. The molecule has 0 bridgehead atoms. The molecule has 0 amide bonds. The molecule has 0 aromatic carbocycles. The summed E-state index contributed by atoms with van der Waals surface area (Å²) in [5.74, 6) is 0. The van der Waals surface area contributed by atoms with Gasteiger partial charge in [-0.15, -0.1) is 0 Å². The van der Waals surface area contributed by atoms with Crippen LogP contribution in [0, 0.1) is 13.8 Å². The number of nitrogens with zero attached hydrogens (tertiary/aromatic N) is 1. The first-order chi connectivity index (χ1) is 5.29. The molecule has 0 atom stereocenters. The van der Waals surface area contributed by atoms with E-state index in [0.29, 0.717) is 0 Å². The minimum absolute atomic E-state index is 1.30. The number of rotatable bonds is 0. The molecular weight excluding hydrogens is 134 g/mol. The summed E-state index contributed by atoms with van der Waals surface area (Å²) >= 11 is 0. The van der Waals surface area contributed by atoms with Gasteiger partial charge < -0.3 is 4.40 Å². The average Bonchev–Trinajstić information content (AvgIpc) is 2.30. The highest BCUT2D eigenvalue weighted by Gasteiger charge is 1.98. The SMILES string of the molecule is Cc1cc(C)n2ccccc12. The van der Waals surface area contributed by atoms with Crippen molar-refractivity contribution >= 4 is 5.52 Å². The highest BCUT2D eigenvalue weighted by molar-refractivity contribution is 5.56. The first kappa shape index (κ1) is 6.47. The van der Waals surface area contributed by atoms with Gasteiger partial charge in [-0.25, -0.2) is 0 Å². The highest BCUT2D eigenvalue weighted by Crippen LogP contribution is 2.14. The van der Waals surface area contributed by atoms with Crippen LogP contribution < -0.4 is 0 Å². The van der Waals surface area contributed by atoms with Crippen molar-refractivity contribution in [3.05, 3.63) is 41.7 Å². The summed E-state index contributed by atoms with van der Waals surface area (Å²) in [7, 11) is 0. The molecule has 0 N–H and O–H groups in total. The fourth-order valence-electron chi connectivity index (χ4n) is 1.53. The third kappa shape index (κ3) is 0.845. The van der Waals surface area contributed by atoms with E-state index in [0.717, 1.165) is 0 Å². The molecule has 0 aliphatic heterocycles. The van der Waals surface area contributed by atoms with Gasteiger partial charge in [0.15, 0.2) is 0 Å². The summed E-state index contributed by atoms with van der Waals surface area (Å²) in [4.78, 5) is 0. The van der Waals surface area contributed by atoms with Crippen molar-refractivity contribution in [2.75, 3.05) is 0 Å². The normalized spacial score (nSPS) is 10.7. The number of hydrogen-bond donors (Lipinski definition) is 0. The Hall–Kier alpha value is -1.24. The predicted molar refractivity (Wildman–Crippen MR) is 46.9 cm³/mol. The van der Waals surface area contributed by atoms with Crippen LogP contribution in [0.4, 0.5) is 0 Å². The van der Waals surface area contributed by atoms with E-state index >= 15 is 0 Å². The molecule has 0 saturated carbocycles. The van der Waals surface area contributed by atoms with Gasteiger partial charge in [-0.1, -0.05) is 6.07 Å². The highest BCUT2D eigenvalue weighted by atomic mass is 14.9. The van der Waals surface area contributed by atoms with Crippen LogP contribution >= 0.6 is 0 Å². The molecule has 0 unspecified atom stereocenters. The van der Waals surface area contributed by atoms with Gasteiger partial charge in [0, 0.05) is 17.4 Å². The van der Waals surface area contributed by atoms with Crippen molar-refractivity contribution in [3.63, 3.8) is 0 Å². The van der Waals surface area contributed by atoms with Gasteiger partial charge in [0.1, 0.15) is 0 Å². The van der Waals surface area contributed by atoms with Gasteiger partial charge >= 0.3 is 0 Å². The zero-order valence-corrected chi connectivity index (χ0v) is 6.83. The Bertz CT molecular complexity index is 349. The quantitative estimate of drug-likeness (QED) is 0.536. The smallest absolute Gasteiger partial charge is 0.0481 e. The number of aromatic nitrogens is 1. The first-order valence-corrected chi connectivity index (χ1v) is 3.82. The van der Waals surface area contributed by atoms with E-state index in [-0.39, 0.29) is 0 Å². The Morgan fingerprint density at radius 2 is 2.00 bits per heavy atom. The lowest BCUT2D eigenvalue weighted by atomic mass is 10.3. The molecule has 0 saturated heterocycles. The van der Waals surface area contributed by atoms with E-state index in [1.54, 1.807) is 0 Å². The fraction of sp³-hybridized carbons (Fsp3) is 0.200. The number of aryl methyl sites for hydroxylation is 2. The lowest BCUT2D eigenvalue weighted by molar-refractivity contribution is 1.11. The topological polar surface area (TPSA) is 4.41 Å². The van der Waals surface area contributed by atoms with Gasteiger partial charge in [0.05, 0.1) is 0 Å². The molecule has 2 aromatic heterocycles. The Kier molecular flexibility index (Phi) is 1.25. The second-order valence-corrected chi connectivity index (χ2v) is 2.92. The zero-order valence-electron chi connectivity index (χ0n) is 6.83. The first-order valence-electron chi connectivity index (χ1n) is 3.82. The van der Waals surface area contributed by atoms with E-state index in [1.165, 1.54) is 16.8 Å². The van der Waals surface area contributed by atoms with E-state index in [9.17, 15) is 0 Å². The van der Waals surface area contributed by atoms with E-state index in [4.69, 9.17) is 0 Å². The van der Waals surface area contributed by atoms with E-state index < -0.39 is 0 Å². The molecule has 0 aliphatic rings. The van der Waals surface area contributed by atoms with Crippen LogP contribution in [-0.2, 0) is 0 Å². The van der Waals surface area contributed by atoms with Crippen molar-refractivity contribution in [2.24, 2.45) is 0 Å². The van der Waals surface area contributed by atoms with Crippen LogP contribution in [0.15, 0.2) is 30.5 Å². The van der Waals surface area contributed by atoms with Gasteiger partial charge in [-0.3, -0.25) is 0 Å². The van der Waals surface area contributed by atoms with Crippen molar-refractivity contribution < 1.29 is 0 Å². The second-order valence-electron chi connectivity index (χ2n) is 2.92. The Morgan fingerprint density at radius 3 is 2.73 bits per heavy atom. The maximum absolute atomic E-state index is 2.20. The summed E-state index contributed by atoms with van der Waals surface area (Å²) < 4.78 is 2.20. The Morgan fingerprint density at radius 1 is 1.18 bits per heavy atom. The third-order valence-corrected chi connectivity index (χ3v) is 2.07. The van der Waals surface area contributed by atoms with E-state index in [1.807, 2.05) is 0 Å². The maximum Gasteiger partial charge on any atom is 0.0481 e. The molecule has 0 radical (unpaired) electrons. The van der Waals surface area contributed by atoms with Crippen molar-refractivity contribution in [2.45, 2.75) is 13.8 Å². The molecule has 2 rings (SSSR count). The lowest BCUT2D eigenvalue weighted by Gasteiger charge is -1.95. The Balaban J connectivity index is 2.95. The number of fused-ring (bicyclic) bond motifs is 1. The van der Waals surface area contributed by atoms with E-state index in [2.05, 4.69) is 48.7 Å². The van der Waals surface area contributed by atoms with Crippen LogP contribution in [0.3, 0.4) is 0 Å². The molecule has 1 nitrogen and oxygen atoms in total. The standard InChI is InChI=1S/C10H11N/c1-8-7-9(2)11-6-4-3-5-10(8)11/h3-7H,1-2H3. The van der Waals surface area contributed by atoms with Crippen LogP contribution in [0.1, 0.15) is 11.3 Å². The van der Waals surface area contributed by atoms with Crippen molar-refractivity contribution in [1.82, 2.24) is 4.40 Å². The van der Waals surface area contributed by atoms with Gasteiger partial charge in [0.2, 0.25) is 0 Å². The second kappa shape index (κ2) is 2.12. The molecule has 11 heavy (non-hydrogen) atoms. The van der Waals surface area contributed by atoms with Gasteiger partial charge in [0.25, 0.3) is 0 Å². The van der Waals surface area contributed by atoms with Crippen molar-refractivity contribution in [1.29, 1.82) is 0 Å². The van der Waals surface area contributed by atoms with Crippen LogP contribution in [0.2, 0.25) is 0 Å². The van der Waals surface area contributed by atoms with Crippen LogP contribution in [-0.4, -0.2) is 4.40 Å². The molecule has 56 valence electrons. The summed E-state index contributed by atoms with van der Waals surface area (Å²) in [6.45, 7) is 4.27. The lowest BCUT2D eigenvalue weighted by Crippen LogP contribution is -1.83. The fourth-order valence-corrected chi connectivity index (χ4v) is 1.53. The molecular formula is C10H11N. The molecule has 0 spiro atoms. The van der Waals surface area contributed by atoms with Gasteiger partial charge in [-0.05, 0) is 37.6 Å². The number of pyridine rings is 1. The van der Waals surface area contributed by atoms with Crippen LogP contribution in [0.25, 0.3) is 5.52 Å². The van der Waals surface area contributed by atoms with Crippen LogP contribution in [0.5, 0.6) is 0 Å². The summed E-state index contributed by atoms with van der Waals surface area (Å²) in [5, 5.41) is 0. The molecule has 1 heteroatoms. The largest absolute Gasteiger partial charge is 0.321 e. The summed E-state index contributed by atoms with van der Waals surface area (Å²) in [6, 6.07) is 8.47. The summed E-state index contributed by atoms with van der Waals surface area (Å²) in [5.41, 5.74) is 3.96. The zero-order chi connectivity index (χ0) is 7.84. The third-order valence-electron chi connectivity index (χ3n) is 2.07. The molecule has 2 aromatic rings. The van der Waals surface area contributed by atoms with Crippen molar-refractivity contribution in [3.8, 4) is 0 Å². The molecule has 0 aliphatic carbocycles. The predicted octanol–water partition coefficient (Wildman–Crippen LogP) is 2.56. The Labute approximate surface area is 66.3 Å². The molecule has 2 heterocycles.